The van der Waals surface area contributed by atoms with Crippen molar-refractivity contribution >= 4 is 33.6 Å². The number of benzene rings is 2. The van der Waals surface area contributed by atoms with Gasteiger partial charge in [-0.2, -0.15) is 10.5 Å². The van der Waals surface area contributed by atoms with E-state index >= 15 is 0 Å². The zero-order chi connectivity index (χ0) is 21.4. The molecule has 29 heavy (non-hydrogen) atoms. The van der Waals surface area contributed by atoms with Crippen LogP contribution in [0.2, 0.25) is 0 Å². The molecule has 1 amide bonds. The number of carbonyl (C=O) groups is 1. The van der Waals surface area contributed by atoms with Gasteiger partial charge in [-0.1, -0.05) is 22.0 Å². The second-order valence-electron chi connectivity index (χ2n) is 6.12. The van der Waals surface area contributed by atoms with E-state index in [2.05, 4.69) is 21.2 Å². The molecule has 148 valence electrons. The highest BCUT2D eigenvalue weighted by atomic mass is 79.9. The fourth-order valence-electron chi connectivity index (χ4n) is 2.47. The minimum atomic E-state index is -0.509. The van der Waals surface area contributed by atoms with Gasteiger partial charge in [0.25, 0.3) is 5.91 Å². The highest BCUT2D eigenvalue weighted by Gasteiger charge is 2.14. The summed E-state index contributed by atoms with van der Waals surface area (Å²) in [5, 5.41) is 20.9. The van der Waals surface area contributed by atoms with Gasteiger partial charge in [-0.3, -0.25) is 4.79 Å². The van der Waals surface area contributed by atoms with Crippen LogP contribution in [0.5, 0.6) is 11.5 Å². The quantitative estimate of drug-likeness (QED) is 0.474. The van der Waals surface area contributed by atoms with Crippen molar-refractivity contribution in [3.63, 3.8) is 0 Å². The largest absolute Gasteiger partial charge is 0.490 e. The highest BCUT2D eigenvalue weighted by molar-refractivity contribution is 9.10. The standard InChI is InChI=1S/C22H20BrN3O3/c1-4-28-20-11-16(19(23)12-21(20)29-8-7-24)10-17(13-25)22(27)26-18-6-5-14(2)15(3)9-18/h5-6,9-12H,4,8H2,1-3H3,(H,26,27)/b17-10+. The number of halogens is 1. The highest BCUT2D eigenvalue weighted by Crippen LogP contribution is 2.35. The molecular formula is C22H20BrN3O3. The molecule has 0 unspecified atom stereocenters. The molecular weight excluding hydrogens is 434 g/mol. The van der Waals surface area contributed by atoms with Crippen LogP contribution < -0.4 is 14.8 Å². The topological polar surface area (TPSA) is 95.1 Å². The van der Waals surface area contributed by atoms with Crippen LogP contribution in [-0.4, -0.2) is 19.1 Å². The third-order valence-corrected chi connectivity index (χ3v) is 4.77. The molecule has 0 aliphatic rings. The van der Waals surface area contributed by atoms with Crippen LogP contribution in [0.3, 0.4) is 0 Å². The number of anilines is 1. The lowest BCUT2D eigenvalue weighted by Gasteiger charge is -2.12. The van der Waals surface area contributed by atoms with E-state index in [1.807, 2.05) is 45.0 Å². The number of nitriles is 2. The maximum atomic E-state index is 12.6. The lowest BCUT2D eigenvalue weighted by atomic mass is 10.1. The van der Waals surface area contributed by atoms with Gasteiger partial charge >= 0.3 is 0 Å². The summed E-state index contributed by atoms with van der Waals surface area (Å²) < 4.78 is 11.5. The van der Waals surface area contributed by atoms with Gasteiger partial charge in [-0.15, -0.1) is 0 Å². The molecule has 0 heterocycles. The van der Waals surface area contributed by atoms with Crippen molar-refractivity contribution in [2.45, 2.75) is 20.8 Å². The molecule has 2 aromatic carbocycles. The molecule has 0 spiro atoms. The average Bonchev–Trinajstić information content (AvgIpc) is 2.69. The van der Waals surface area contributed by atoms with Crippen LogP contribution in [0.15, 0.2) is 40.4 Å². The third kappa shape index (κ3) is 5.84. The Bertz CT molecular complexity index is 1030. The maximum absolute atomic E-state index is 12.6. The molecule has 0 atom stereocenters. The first-order chi connectivity index (χ1) is 13.9. The number of carbonyl (C=O) groups excluding carboxylic acids is 1. The number of aryl methyl sites for hydroxylation is 2. The Morgan fingerprint density at radius 2 is 1.86 bits per heavy atom. The summed E-state index contributed by atoms with van der Waals surface area (Å²) in [5.41, 5.74) is 3.29. The SMILES string of the molecule is CCOc1cc(/C=C(\C#N)C(=O)Nc2ccc(C)c(C)c2)c(Br)cc1OCC#N. The number of hydrogen-bond acceptors (Lipinski definition) is 5. The van der Waals surface area contributed by atoms with Crippen molar-refractivity contribution in [1.29, 1.82) is 10.5 Å². The average molecular weight is 454 g/mol. The van der Waals surface area contributed by atoms with Gasteiger partial charge in [0.2, 0.25) is 0 Å². The van der Waals surface area contributed by atoms with Crippen LogP contribution in [-0.2, 0) is 4.79 Å². The summed E-state index contributed by atoms with van der Waals surface area (Å²) >= 11 is 3.41. The van der Waals surface area contributed by atoms with Crippen LogP contribution >= 0.6 is 15.9 Å². The van der Waals surface area contributed by atoms with E-state index in [1.165, 1.54) is 6.08 Å². The Morgan fingerprint density at radius 1 is 1.14 bits per heavy atom. The first-order valence-corrected chi connectivity index (χ1v) is 9.65. The second-order valence-corrected chi connectivity index (χ2v) is 6.98. The second kappa shape index (κ2) is 10.3. The molecule has 0 aliphatic heterocycles. The van der Waals surface area contributed by atoms with Gasteiger partial charge < -0.3 is 14.8 Å². The van der Waals surface area contributed by atoms with Crippen LogP contribution in [0.25, 0.3) is 6.08 Å². The number of nitrogens with zero attached hydrogens (tertiary/aromatic N) is 2. The fraction of sp³-hybridized carbons (Fsp3) is 0.227. The predicted octanol–water partition coefficient (Wildman–Crippen LogP) is 4.91. The van der Waals surface area contributed by atoms with E-state index in [4.69, 9.17) is 14.7 Å². The van der Waals surface area contributed by atoms with E-state index in [1.54, 1.807) is 18.2 Å². The maximum Gasteiger partial charge on any atom is 0.266 e. The van der Waals surface area contributed by atoms with Gasteiger partial charge in [0.05, 0.1) is 6.61 Å². The minimum Gasteiger partial charge on any atom is -0.490 e. The van der Waals surface area contributed by atoms with Crippen LogP contribution in [0.1, 0.15) is 23.6 Å². The van der Waals surface area contributed by atoms with Gasteiger partial charge in [0.15, 0.2) is 18.1 Å². The van der Waals surface area contributed by atoms with E-state index < -0.39 is 5.91 Å². The van der Waals surface area contributed by atoms with Gasteiger partial charge in [-0.25, -0.2) is 0 Å². The van der Waals surface area contributed by atoms with Crippen molar-refractivity contribution in [2.75, 3.05) is 18.5 Å². The van der Waals surface area contributed by atoms with Crippen molar-refractivity contribution in [2.24, 2.45) is 0 Å². The summed E-state index contributed by atoms with van der Waals surface area (Å²) in [6.45, 7) is 6.03. The summed E-state index contributed by atoms with van der Waals surface area (Å²) in [6.07, 6.45) is 1.47. The Labute approximate surface area is 178 Å². The summed E-state index contributed by atoms with van der Waals surface area (Å²) in [4.78, 5) is 12.6. The van der Waals surface area contributed by atoms with Crippen molar-refractivity contribution in [3.05, 3.63) is 57.1 Å². The summed E-state index contributed by atoms with van der Waals surface area (Å²) in [7, 11) is 0. The number of amides is 1. The first kappa shape index (κ1) is 22.0. The van der Waals surface area contributed by atoms with Crippen molar-refractivity contribution < 1.29 is 14.3 Å². The van der Waals surface area contributed by atoms with Gasteiger partial charge in [-0.05, 0) is 67.8 Å². The summed E-state index contributed by atoms with van der Waals surface area (Å²) in [6, 6.07) is 12.7. The first-order valence-electron chi connectivity index (χ1n) is 8.86. The van der Waals surface area contributed by atoms with Gasteiger partial charge in [0.1, 0.15) is 17.7 Å². The van der Waals surface area contributed by atoms with Gasteiger partial charge in [0, 0.05) is 10.2 Å². The van der Waals surface area contributed by atoms with E-state index in [0.29, 0.717) is 33.8 Å². The molecule has 0 bridgehead atoms. The van der Waals surface area contributed by atoms with E-state index in [9.17, 15) is 10.1 Å². The molecule has 0 radical (unpaired) electrons. The normalized spacial score (nSPS) is 10.6. The van der Waals surface area contributed by atoms with Crippen LogP contribution in [0.4, 0.5) is 5.69 Å². The fourth-order valence-corrected chi connectivity index (χ4v) is 2.91. The Balaban J connectivity index is 2.34. The number of ether oxygens (including phenoxy) is 2. The molecule has 7 heteroatoms. The zero-order valence-corrected chi connectivity index (χ0v) is 18.0. The minimum absolute atomic E-state index is 0.0583. The molecule has 0 saturated carbocycles. The number of rotatable bonds is 7. The van der Waals surface area contributed by atoms with Crippen molar-refractivity contribution in [3.8, 4) is 23.6 Å². The smallest absolute Gasteiger partial charge is 0.266 e. The molecule has 1 N–H and O–H groups in total. The predicted molar refractivity (Wildman–Crippen MR) is 115 cm³/mol. The molecule has 0 aromatic heterocycles. The van der Waals surface area contributed by atoms with E-state index in [0.717, 1.165) is 11.1 Å². The molecule has 6 nitrogen and oxygen atoms in total. The summed E-state index contributed by atoms with van der Waals surface area (Å²) in [5.74, 6) is 0.310. The van der Waals surface area contributed by atoms with E-state index in [-0.39, 0.29) is 12.2 Å². The molecule has 0 saturated heterocycles. The lowest BCUT2D eigenvalue weighted by Crippen LogP contribution is -2.13. The monoisotopic (exact) mass is 453 g/mol. The molecule has 2 rings (SSSR count). The van der Waals surface area contributed by atoms with Crippen molar-refractivity contribution in [1.82, 2.24) is 0 Å². The lowest BCUT2D eigenvalue weighted by molar-refractivity contribution is -0.112. The Hall–Kier alpha value is -3.29. The Kier molecular flexibility index (Phi) is 7.82. The molecule has 2 aromatic rings. The van der Waals surface area contributed by atoms with Crippen LogP contribution in [0, 0.1) is 36.5 Å². The number of nitrogens with one attached hydrogen (secondary N) is 1. The molecule has 0 fully saturated rings. The third-order valence-electron chi connectivity index (χ3n) is 4.08. The number of hydrogen-bond donors (Lipinski definition) is 1. The molecule has 0 aliphatic carbocycles. The zero-order valence-electron chi connectivity index (χ0n) is 16.4. The Morgan fingerprint density at radius 3 is 2.48 bits per heavy atom.